The number of benzene rings is 2. The number of para-hydroxylation sites is 1. The number of hydrogen-bond donors (Lipinski definition) is 0. The van der Waals surface area contributed by atoms with Crippen LogP contribution in [-0.4, -0.2) is 32.2 Å². The lowest BCUT2D eigenvalue weighted by Gasteiger charge is -2.19. The van der Waals surface area contributed by atoms with E-state index in [1.54, 1.807) is 20.3 Å². The van der Waals surface area contributed by atoms with Crippen LogP contribution in [0.4, 0.5) is 4.39 Å². The van der Waals surface area contributed by atoms with Crippen LogP contribution in [0.5, 0.6) is 11.5 Å². The van der Waals surface area contributed by atoms with E-state index in [2.05, 4.69) is 11.0 Å². The molecule has 1 aliphatic heterocycles. The Labute approximate surface area is 146 Å². The second-order valence-corrected chi connectivity index (χ2v) is 6.45. The predicted molar refractivity (Wildman–Crippen MR) is 93.6 cm³/mol. The van der Waals surface area contributed by atoms with Gasteiger partial charge in [-0.1, -0.05) is 29.8 Å². The first-order chi connectivity index (χ1) is 11.6. The fourth-order valence-electron chi connectivity index (χ4n) is 3.35. The summed E-state index contributed by atoms with van der Waals surface area (Å²) in [6.07, 6.45) is 1.04. The van der Waals surface area contributed by atoms with Gasteiger partial charge in [0.25, 0.3) is 0 Å². The Morgan fingerprint density at radius 2 is 2.04 bits per heavy atom. The van der Waals surface area contributed by atoms with E-state index >= 15 is 0 Å². The molecule has 0 amide bonds. The summed E-state index contributed by atoms with van der Waals surface area (Å²) < 4.78 is 24.1. The summed E-state index contributed by atoms with van der Waals surface area (Å²) in [5, 5.41) is 0.484. The second-order valence-electron chi connectivity index (χ2n) is 6.04. The normalized spacial score (nSPS) is 17.9. The first-order valence-electron chi connectivity index (χ1n) is 7.99. The van der Waals surface area contributed by atoms with E-state index < -0.39 is 0 Å². The van der Waals surface area contributed by atoms with Crippen molar-refractivity contribution < 1.29 is 13.9 Å². The van der Waals surface area contributed by atoms with Crippen molar-refractivity contribution in [1.29, 1.82) is 0 Å². The quantitative estimate of drug-likeness (QED) is 0.794. The lowest BCUT2D eigenvalue weighted by molar-refractivity contribution is 0.323. The molecular weight excluding hydrogens is 329 g/mol. The average Bonchev–Trinajstić information content (AvgIpc) is 3.05. The van der Waals surface area contributed by atoms with E-state index in [0.29, 0.717) is 10.9 Å². The first kappa shape index (κ1) is 17.1. The smallest absolute Gasteiger partial charge is 0.164 e. The van der Waals surface area contributed by atoms with E-state index in [0.717, 1.165) is 43.1 Å². The van der Waals surface area contributed by atoms with E-state index in [-0.39, 0.29) is 5.82 Å². The Balaban J connectivity index is 1.74. The maximum atomic E-state index is 13.2. The Kier molecular flexibility index (Phi) is 5.27. The molecule has 1 unspecified atom stereocenters. The minimum Gasteiger partial charge on any atom is -0.493 e. The molecule has 3 nitrogen and oxygen atoms in total. The van der Waals surface area contributed by atoms with Gasteiger partial charge in [0.05, 0.1) is 14.2 Å². The molecule has 1 fully saturated rings. The SMILES string of the molecule is COc1cccc(C2CCN(Cc3ccc(F)cc3Cl)C2)c1OC. The van der Waals surface area contributed by atoms with Gasteiger partial charge in [-0.25, -0.2) is 4.39 Å². The lowest BCUT2D eigenvalue weighted by atomic mass is 9.97. The van der Waals surface area contributed by atoms with E-state index in [9.17, 15) is 4.39 Å². The van der Waals surface area contributed by atoms with Gasteiger partial charge in [0.1, 0.15) is 5.82 Å². The van der Waals surface area contributed by atoms with E-state index in [1.807, 2.05) is 12.1 Å². The highest BCUT2D eigenvalue weighted by atomic mass is 35.5. The maximum Gasteiger partial charge on any atom is 0.164 e. The van der Waals surface area contributed by atoms with E-state index in [1.165, 1.54) is 17.7 Å². The zero-order chi connectivity index (χ0) is 17.1. The van der Waals surface area contributed by atoms with Crippen LogP contribution in [0.25, 0.3) is 0 Å². The highest BCUT2D eigenvalue weighted by Gasteiger charge is 2.27. The molecule has 3 rings (SSSR count). The topological polar surface area (TPSA) is 21.7 Å². The van der Waals surface area contributed by atoms with Crippen LogP contribution >= 0.6 is 11.6 Å². The fraction of sp³-hybridized carbons (Fsp3) is 0.368. The Bertz CT molecular complexity index is 723. The van der Waals surface area contributed by atoms with E-state index in [4.69, 9.17) is 21.1 Å². The maximum absolute atomic E-state index is 13.2. The summed E-state index contributed by atoms with van der Waals surface area (Å²) in [7, 11) is 3.32. The number of methoxy groups -OCH3 is 2. The number of rotatable bonds is 5. The Morgan fingerprint density at radius 3 is 2.75 bits per heavy atom. The third kappa shape index (κ3) is 3.50. The molecular formula is C19H21ClFNO2. The van der Waals surface area contributed by atoms with Crippen LogP contribution < -0.4 is 9.47 Å². The second kappa shape index (κ2) is 7.41. The highest BCUT2D eigenvalue weighted by Crippen LogP contribution is 2.39. The van der Waals surface area contributed by atoms with Crippen molar-refractivity contribution in [1.82, 2.24) is 4.90 Å². The third-order valence-corrected chi connectivity index (χ3v) is 4.91. The van der Waals surface area contributed by atoms with Gasteiger partial charge < -0.3 is 9.47 Å². The lowest BCUT2D eigenvalue weighted by Crippen LogP contribution is -2.20. The molecule has 2 aromatic rings. The van der Waals surface area contributed by atoms with Gasteiger partial charge in [-0.15, -0.1) is 0 Å². The van der Waals surface area contributed by atoms with Crippen molar-refractivity contribution in [3.8, 4) is 11.5 Å². The molecule has 1 saturated heterocycles. The molecule has 1 atom stereocenters. The molecule has 5 heteroatoms. The number of nitrogens with zero attached hydrogens (tertiary/aromatic N) is 1. The zero-order valence-corrected chi connectivity index (χ0v) is 14.6. The van der Waals surface area contributed by atoms with Crippen molar-refractivity contribution in [2.45, 2.75) is 18.9 Å². The molecule has 0 radical (unpaired) electrons. The number of hydrogen-bond acceptors (Lipinski definition) is 3. The first-order valence-corrected chi connectivity index (χ1v) is 8.37. The monoisotopic (exact) mass is 349 g/mol. The molecule has 24 heavy (non-hydrogen) atoms. The predicted octanol–water partition coefficient (Wildman–Crippen LogP) is 4.49. The van der Waals surface area contributed by atoms with Crippen molar-refractivity contribution in [2.24, 2.45) is 0 Å². The van der Waals surface area contributed by atoms with Gasteiger partial charge in [-0.3, -0.25) is 4.90 Å². The summed E-state index contributed by atoms with van der Waals surface area (Å²) >= 11 is 6.15. The van der Waals surface area contributed by atoms with Crippen LogP contribution in [0.3, 0.4) is 0 Å². The van der Waals surface area contributed by atoms with Gasteiger partial charge >= 0.3 is 0 Å². The van der Waals surface area contributed by atoms with Crippen molar-refractivity contribution in [3.05, 3.63) is 58.4 Å². The number of halogens is 2. The number of ether oxygens (including phenoxy) is 2. The molecule has 128 valence electrons. The largest absolute Gasteiger partial charge is 0.493 e. The molecule has 0 aromatic heterocycles. The molecule has 0 N–H and O–H groups in total. The van der Waals surface area contributed by atoms with Gasteiger partial charge in [0, 0.05) is 29.6 Å². The van der Waals surface area contributed by atoms with Gasteiger partial charge in [0.15, 0.2) is 11.5 Å². The molecule has 0 saturated carbocycles. The van der Waals surface area contributed by atoms with Crippen LogP contribution in [0, 0.1) is 5.82 Å². The minimum atomic E-state index is -0.302. The van der Waals surface area contributed by atoms with Crippen LogP contribution in [-0.2, 0) is 6.54 Å². The zero-order valence-electron chi connectivity index (χ0n) is 13.9. The standard InChI is InChI=1S/C19H21ClFNO2/c1-23-18-5-3-4-16(19(18)24-2)13-8-9-22(11-13)12-14-6-7-15(21)10-17(14)20/h3-7,10,13H,8-9,11-12H2,1-2H3. The summed E-state index contributed by atoms with van der Waals surface area (Å²) in [4.78, 5) is 2.34. The summed E-state index contributed by atoms with van der Waals surface area (Å²) in [6, 6.07) is 10.6. The van der Waals surface area contributed by atoms with Crippen LogP contribution in [0.15, 0.2) is 36.4 Å². The van der Waals surface area contributed by atoms with Crippen LogP contribution in [0.2, 0.25) is 5.02 Å². The summed E-state index contributed by atoms with van der Waals surface area (Å²) in [6.45, 7) is 2.61. The molecule has 0 bridgehead atoms. The summed E-state index contributed by atoms with van der Waals surface area (Å²) in [5.74, 6) is 1.65. The molecule has 0 aliphatic carbocycles. The average molecular weight is 350 g/mol. The van der Waals surface area contributed by atoms with Crippen molar-refractivity contribution in [2.75, 3.05) is 27.3 Å². The van der Waals surface area contributed by atoms with Gasteiger partial charge in [0.2, 0.25) is 0 Å². The molecule has 1 heterocycles. The molecule has 2 aromatic carbocycles. The van der Waals surface area contributed by atoms with Crippen molar-refractivity contribution >= 4 is 11.6 Å². The highest BCUT2D eigenvalue weighted by molar-refractivity contribution is 6.31. The third-order valence-electron chi connectivity index (χ3n) is 4.55. The van der Waals surface area contributed by atoms with Crippen LogP contribution in [0.1, 0.15) is 23.5 Å². The number of likely N-dealkylation sites (tertiary alicyclic amines) is 1. The van der Waals surface area contributed by atoms with Gasteiger partial charge in [-0.05, 0) is 36.7 Å². The van der Waals surface area contributed by atoms with Gasteiger partial charge in [-0.2, -0.15) is 0 Å². The fourth-order valence-corrected chi connectivity index (χ4v) is 3.58. The van der Waals surface area contributed by atoms with Crippen molar-refractivity contribution in [3.63, 3.8) is 0 Å². The Morgan fingerprint density at radius 1 is 1.21 bits per heavy atom. The summed E-state index contributed by atoms with van der Waals surface area (Å²) in [5.41, 5.74) is 2.13. The molecule has 1 aliphatic rings. The Hall–Kier alpha value is -1.78. The molecule has 0 spiro atoms. The minimum absolute atomic E-state index is 0.302.